The van der Waals surface area contributed by atoms with E-state index in [1.807, 2.05) is 0 Å². The first-order valence-electron chi connectivity index (χ1n) is 3.96. The number of thiophene rings is 1. The van der Waals surface area contributed by atoms with Crippen molar-refractivity contribution < 1.29 is 32.7 Å². The summed E-state index contributed by atoms with van der Waals surface area (Å²) in [6, 6.07) is 0.866. The maximum absolute atomic E-state index is 11.9. The maximum Gasteiger partial charge on any atom is 0.471 e. The molecule has 0 saturated carbocycles. The summed E-state index contributed by atoms with van der Waals surface area (Å²) in [7, 11) is 0. The van der Waals surface area contributed by atoms with E-state index in [1.165, 1.54) is 5.32 Å². The fraction of sp³-hybridized carbons (Fsp3) is 0.125. The Kier molecular flexibility index (Phi) is 3.51. The highest BCUT2D eigenvalue weighted by Crippen LogP contribution is 2.28. The fourth-order valence-corrected chi connectivity index (χ4v) is 1.68. The van der Waals surface area contributed by atoms with Gasteiger partial charge in [-0.15, -0.1) is 11.3 Å². The molecule has 0 aliphatic rings. The SMILES string of the molecule is O=Cc1cc(NC(=O)C(F)(F)F)c(C(=O)O)s1. The van der Waals surface area contributed by atoms with Crippen LogP contribution in [0.25, 0.3) is 0 Å². The molecule has 1 aromatic heterocycles. The van der Waals surface area contributed by atoms with E-state index in [0.717, 1.165) is 6.07 Å². The van der Waals surface area contributed by atoms with Gasteiger partial charge in [-0.25, -0.2) is 4.79 Å². The molecule has 0 aliphatic carbocycles. The number of hydrogen-bond acceptors (Lipinski definition) is 4. The van der Waals surface area contributed by atoms with Crippen molar-refractivity contribution in [2.24, 2.45) is 0 Å². The number of carboxylic acid groups (broad SMARTS) is 1. The number of aldehydes is 1. The third-order valence-electron chi connectivity index (χ3n) is 1.57. The van der Waals surface area contributed by atoms with Crippen molar-refractivity contribution in [2.45, 2.75) is 6.18 Å². The van der Waals surface area contributed by atoms with Gasteiger partial charge in [0.2, 0.25) is 0 Å². The Bertz CT molecular complexity index is 480. The van der Waals surface area contributed by atoms with E-state index in [4.69, 9.17) is 5.11 Å². The number of hydrogen-bond donors (Lipinski definition) is 2. The molecule has 9 heteroatoms. The summed E-state index contributed by atoms with van der Waals surface area (Å²) in [6.07, 6.45) is -4.85. The van der Waals surface area contributed by atoms with Gasteiger partial charge in [-0.1, -0.05) is 0 Å². The highest BCUT2D eigenvalue weighted by Gasteiger charge is 2.39. The summed E-state index contributed by atoms with van der Waals surface area (Å²) in [5, 5.41) is 10.0. The predicted molar refractivity (Wildman–Crippen MR) is 51.4 cm³/mol. The number of carbonyl (C=O) groups is 3. The number of aromatic carboxylic acids is 1. The van der Waals surface area contributed by atoms with E-state index < -0.39 is 28.6 Å². The first-order valence-corrected chi connectivity index (χ1v) is 4.78. The third kappa shape index (κ3) is 3.03. The fourth-order valence-electron chi connectivity index (χ4n) is 0.913. The van der Waals surface area contributed by atoms with Gasteiger partial charge in [-0.2, -0.15) is 13.2 Å². The minimum Gasteiger partial charge on any atom is -0.477 e. The predicted octanol–water partition coefficient (Wildman–Crippen LogP) is 1.76. The van der Waals surface area contributed by atoms with Crippen molar-refractivity contribution in [3.63, 3.8) is 0 Å². The lowest BCUT2D eigenvalue weighted by molar-refractivity contribution is -0.167. The normalized spacial score (nSPS) is 11.0. The molecule has 2 N–H and O–H groups in total. The lowest BCUT2D eigenvalue weighted by Gasteiger charge is -2.06. The number of rotatable bonds is 3. The Morgan fingerprint density at radius 1 is 1.41 bits per heavy atom. The zero-order valence-corrected chi connectivity index (χ0v) is 8.69. The summed E-state index contributed by atoms with van der Waals surface area (Å²) >= 11 is 0.471. The van der Waals surface area contributed by atoms with E-state index in [9.17, 15) is 27.6 Å². The molecule has 0 radical (unpaired) electrons. The Morgan fingerprint density at radius 3 is 2.41 bits per heavy atom. The molecule has 1 aromatic rings. The Morgan fingerprint density at radius 2 is 2.00 bits per heavy atom. The molecule has 0 atom stereocenters. The van der Waals surface area contributed by atoms with Gasteiger partial charge in [0.1, 0.15) is 4.88 Å². The van der Waals surface area contributed by atoms with Gasteiger partial charge in [0.15, 0.2) is 6.29 Å². The number of carbonyl (C=O) groups excluding carboxylic acids is 2. The molecule has 0 bridgehead atoms. The van der Waals surface area contributed by atoms with Gasteiger partial charge in [0.05, 0.1) is 10.6 Å². The highest BCUT2D eigenvalue weighted by molar-refractivity contribution is 7.16. The van der Waals surface area contributed by atoms with Crippen molar-refractivity contribution in [1.82, 2.24) is 0 Å². The maximum atomic E-state index is 11.9. The van der Waals surface area contributed by atoms with Crippen LogP contribution in [0.5, 0.6) is 0 Å². The molecule has 0 fully saturated rings. The Hall–Kier alpha value is -1.90. The molecular weight excluding hydrogens is 263 g/mol. The molecule has 0 aliphatic heterocycles. The Labute approximate surface area is 95.9 Å². The lowest BCUT2D eigenvalue weighted by Crippen LogP contribution is -2.30. The number of carboxylic acids is 1. The second-order valence-electron chi connectivity index (χ2n) is 2.77. The van der Waals surface area contributed by atoms with Crippen LogP contribution in [0.1, 0.15) is 19.3 Å². The summed E-state index contributed by atoms with van der Waals surface area (Å²) in [5.74, 6) is -3.82. The van der Waals surface area contributed by atoms with Crippen LogP contribution in [0.4, 0.5) is 18.9 Å². The zero-order valence-electron chi connectivity index (χ0n) is 7.87. The molecule has 0 saturated heterocycles. The number of alkyl halides is 3. The van der Waals surface area contributed by atoms with E-state index in [1.54, 1.807) is 0 Å². The average molecular weight is 267 g/mol. The molecule has 92 valence electrons. The third-order valence-corrected chi connectivity index (χ3v) is 2.62. The summed E-state index contributed by atoms with van der Waals surface area (Å²) in [5.41, 5.74) is -0.549. The van der Waals surface area contributed by atoms with Crippen molar-refractivity contribution in [3.8, 4) is 0 Å². The number of anilines is 1. The standard InChI is InChI=1S/C8H4F3NO4S/c9-8(10,11)7(16)12-4-1-3(2-13)17-5(4)6(14)15/h1-2H,(H,12,16)(H,14,15). The molecule has 5 nitrogen and oxygen atoms in total. The van der Waals surface area contributed by atoms with E-state index >= 15 is 0 Å². The molecule has 1 rings (SSSR count). The van der Waals surface area contributed by atoms with Crippen molar-refractivity contribution in [3.05, 3.63) is 15.8 Å². The van der Waals surface area contributed by atoms with Gasteiger partial charge in [-0.05, 0) is 6.07 Å². The lowest BCUT2D eigenvalue weighted by atomic mass is 10.3. The van der Waals surface area contributed by atoms with Crippen molar-refractivity contribution in [2.75, 3.05) is 5.32 Å². The van der Waals surface area contributed by atoms with Crippen LogP contribution >= 0.6 is 11.3 Å². The average Bonchev–Trinajstić information content (AvgIpc) is 2.59. The zero-order chi connectivity index (χ0) is 13.2. The first kappa shape index (κ1) is 13.2. The van der Waals surface area contributed by atoms with Crippen LogP contribution in [0.3, 0.4) is 0 Å². The minimum absolute atomic E-state index is 0.0973. The molecule has 0 aromatic carbocycles. The molecular formula is C8H4F3NO4S. The van der Waals surface area contributed by atoms with Crippen molar-refractivity contribution >= 4 is 35.2 Å². The quantitative estimate of drug-likeness (QED) is 0.817. The smallest absolute Gasteiger partial charge is 0.471 e. The number of nitrogens with one attached hydrogen (secondary N) is 1. The van der Waals surface area contributed by atoms with Gasteiger partial charge >= 0.3 is 18.1 Å². The largest absolute Gasteiger partial charge is 0.477 e. The first-order chi connectivity index (χ1) is 7.75. The van der Waals surface area contributed by atoms with Gasteiger partial charge in [-0.3, -0.25) is 9.59 Å². The minimum atomic E-state index is -5.13. The van der Waals surface area contributed by atoms with E-state index in [-0.39, 0.29) is 11.2 Å². The monoisotopic (exact) mass is 267 g/mol. The van der Waals surface area contributed by atoms with E-state index in [2.05, 4.69) is 0 Å². The molecule has 17 heavy (non-hydrogen) atoms. The van der Waals surface area contributed by atoms with Gasteiger partial charge in [0, 0.05) is 0 Å². The summed E-state index contributed by atoms with van der Waals surface area (Å²) in [6.45, 7) is 0. The summed E-state index contributed by atoms with van der Waals surface area (Å²) < 4.78 is 35.8. The van der Waals surface area contributed by atoms with Crippen LogP contribution in [0.15, 0.2) is 6.07 Å². The van der Waals surface area contributed by atoms with Crippen molar-refractivity contribution in [1.29, 1.82) is 0 Å². The number of amides is 1. The second kappa shape index (κ2) is 4.53. The Balaban J connectivity index is 3.05. The molecule has 1 heterocycles. The van der Waals surface area contributed by atoms with E-state index in [0.29, 0.717) is 11.3 Å². The molecule has 1 amide bonds. The van der Waals surface area contributed by atoms with Crippen LogP contribution in [0.2, 0.25) is 0 Å². The van der Waals surface area contributed by atoms with Crippen LogP contribution in [-0.4, -0.2) is 29.4 Å². The second-order valence-corrected chi connectivity index (χ2v) is 3.85. The van der Waals surface area contributed by atoms with Gasteiger partial charge < -0.3 is 10.4 Å². The molecule has 0 unspecified atom stereocenters. The van der Waals surface area contributed by atoms with Gasteiger partial charge in [0.25, 0.3) is 0 Å². The van der Waals surface area contributed by atoms with Crippen LogP contribution in [0, 0.1) is 0 Å². The highest BCUT2D eigenvalue weighted by atomic mass is 32.1. The topological polar surface area (TPSA) is 83.5 Å². The van der Waals surface area contributed by atoms with Crippen LogP contribution in [-0.2, 0) is 4.79 Å². The summed E-state index contributed by atoms with van der Waals surface area (Å²) in [4.78, 5) is 31.0. The number of halogens is 3. The molecule has 0 spiro atoms. The van der Waals surface area contributed by atoms with Crippen LogP contribution < -0.4 is 5.32 Å².